The van der Waals surface area contributed by atoms with E-state index in [0.717, 1.165) is 10.5 Å². The van der Waals surface area contributed by atoms with Crippen LogP contribution in [0.4, 0.5) is 0 Å². The molecule has 0 aromatic heterocycles. The van der Waals surface area contributed by atoms with Gasteiger partial charge in [0.15, 0.2) is 0 Å². The quantitative estimate of drug-likeness (QED) is 0.346. The molecule has 0 saturated carbocycles. The second-order valence-corrected chi connectivity index (χ2v) is 6.79. The van der Waals surface area contributed by atoms with Gasteiger partial charge in [-0.25, -0.2) is 0 Å². The van der Waals surface area contributed by atoms with Crippen molar-refractivity contribution in [2.75, 3.05) is 13.7 Å². The molecule has 2 aliphatic rings. The maximum atomic E-state index is 12.9. The van der Waals surface area contributed by atoms with E-state index >= 15 is 0 Å². The van der Waals surface area contributed by atoms with Crippen LogP contribution in [0.3, 0.4) is 0 Å². The average molecular weight is 392 g/mol. The molecule has 2 aromatic rings. The van der Waals surface area contributed by atoms with Crippen molar-refractivity contribution in [2.45, 2.75) is 6.04 Å². The molecule has 0 spiro atoms. The number of thiocarbonyl (C=S) groups is 1. The molecular weight excluding hydrogens is 376 g/mol. The zero-order chi connectivity index (χ0) is 19.8. The summed E-state index contributed by atoms with van der Waals surface area (Å²) in [5.41, 5.74) is 1.94. The summed E-state index contributed by atoms with van der Waals surface area (Å²) in [6, 6.07) is 15.1. The predicted molar refractivity (Wildman–Crippen MR) is 106 cm³/mol. The Balaban J connectivity index is 1.59. The van der Waals surface area contributed by atoms with Crippen molar-refractivity contribution in [2.24, 2.45) is 0 Å². The monoisotopic (exact) mass is 392 g/mol. The SMILES string of the molecule is COC(=S)C(=Cc1ccccc1)N1CC(N2C(=O)c3ccccc3C2=O)C1=O. The van der Waals surface area contributed by atoms with Crippen LogP contribution in [0.15, 0.2) is 60.3 Å². The minimum atomic E-state index is -0.841. The minimum Gasteiger partial charge on any atom is -0.485 e. The Morgan fingerprint density at radius 2 is 1.57 bits per heavy atom. The molecule has 0 radical (unpaired) electrons. The first kappa shape index (κ1) is 18.1. The second kappa shape index (κ2) is 7.01. The van der Waals surface area contributed by atoms with Crippen molar-refractivity contribution < 1.29 is 19.1 Å². The number of carbonyl (C=O) groups excluding carboxylic acids is 3. The van der Waals surface area contributed by atoms with E-state index < -0.39 is 17.9 Å². The van der Waals surface area contributed by atoms with Gasteiger partial charge in [0.25, 0.3) is 17.7 Å². The number of carbonyl (C=O) groups is 3. The van der Waals surface area contributed by atoms with Crippen LogP contribution in [0, 0.1) is 0 Å². The maximum Gasteiger partial charge on any atom is 0.262 e. The Hall–Kier alpha value is -3.32. The third-order valence-electron chi connectivity index (χ3n) is 4.83. The van der Waals surface area contributed by atoms with E-state index in [1.54, 1.807) is 30.3 Å². The number of hydrogen-bond donors (Lipinski definition) is 0. The van der Waals surface area contributed by atoms with Gasteiger partial charge in [0.2, 0.25) is 5.05 Å². The molecule has 1 unspecified atom stereocenters. The van der Waals surface area contributed by atoms with Crippen molar-refractivity contribution in [3.8, 4) is 0 Å². The number of likely N-dealkylation sites (tertiary alicyclic amines) is 1. The molecule has 28 heavy (non-hydrogen) atoms. The number of ether oxygens (including phenoxy) is 1. The summed E-state index contributed by atoms with van der Waals surface area (Å²) in [5, 5.41) is 0.165. The highest BCUT2D eigenvalue weighted by molar-refractivity contribution is 7.80. The number of imide groups is 1. The van der Waals surface area contributed by atoms with Gasteiger partial charge in [-0.1, -0.05) is 42.5 Å². The lowest BCUT2D eigenvalue weighted by Crippen LogP contribution is -2.65. The third-order valence-corrected chi connectivity index (χ3v) is 5.21. The number of rotatable bonds is 4. The molecule has 1 fully saturated rings. The van der Waals surface area contributed by atoms with Crippen LogP contribution in [0.5, 0.6) is 0 Å². The second-order valence-electron chi connectivity index (χ2n) is 6.42. The van der Waals surface area contributed by atoms with Gasteiger partial charge in [0, 0.05) is 0 Å². The van der Waals surface area contributed by atoms with Gasteiger partial charge in [-0.05, 0) is 36.0 Å². The van der Waals surface area contributed by atoms with Crippen molar-refractivity contribution >= 4 is 41.1 Å². The highest BCUT2D eigenvalue weighted by Crippen LogP contribution is 2.31. The number of hydrogen-bond acceptors (Lipinski definition) is 5. The van der Waals surface area contributed by atoms with Gasteiger partial charge in [-0.2, -0.15) is 0 Å². The highest BCUT2D eigenvalue weighted by Gasteiger charge is 2.51. The largest absolute Gasteiger partial charge is 0.485 e. The highest BCUT2D eigenvalue weighted by atomic mass is 32.1. The van der Waals surface area contributed by atoms with E-state index in [4.69, 9.17) is 17.0 Å². The van der Waals surface area contributed by atoms with Crippen LogP contribution >= 0.6 is 12.2 Å². The van der Waals surface area contributed by atoms with Gasteiger partial charge in [0.05, 0.1) is 30.5 Å². The van der Waals surface area contributed by atoms with E-state index in [0.29, 0.717) is 16.8 Å². The summed E-state index contributed by atoms with van der Waals surface area (Å²) in [6.07, 6.45) is 1.75. The molecule has 0 aliphatic carbocycles. The van der Waals surface area contributed by atoms with Crippen molar-refractivity contribution in [1.82, 2.24) is 9.80 Å². The third kappa shape index (κ3) is 2.80. The number of amides is 3. The number of β-lactam (4-membered cyclic amide) rings is 1. The van der Waals surface area contributed by atoms with Crippen LogP contribution in [0.1, 0.15) is 26.3 Å². The normalized spacial score (nSPS) is 18.8. The maximum absolute atomic E-state index is 12.9. The predicted octanol–water partition coefficient (Wildman–Crippen LogP) is 2.51. The average Bonchev–Trinajstić information content (AvgIpc) is 2.97. The van der Waals surface area contributed by atoms with Crippen LogP contribution < -0.4 is 0 Å². The van der Waals surface area contributed by atoms with E-state index in [9.17, 15) is 14.4 Å². The van der Waals surface area contributed by atoms with Crippen LogP contribution in [-0.4, -0.2) is 52.3 Å². The minimum absolute atomic E-state index is 0.165. The Morgan fingerprint density at radius 1 is 1.00 bits per heavy atom. The number of nitrogens with zero attached hydrogens (tertiary/aromatic N) is 2. The smallest absolute Gasteiger partial charge is 0.262 e. The molecule has 6 nitrogen and oxygen atoms in total. The Labute approximate surface area is 167 Å². The zero-order valence-corrected chi connectivity index (χ0v) is 15.8. The molecule has 2 aromatic carbocycles. The van der Waals surface area contributed by atoms with Gasteiger partial charge in [-0.3, -0.25) is 19.3 Å². The molecule has 1 atom stereocenters. The lowest BCUT2D eigenvalue weighted by atomic mass is 10.0. The number of fused-ring (bicyclic) bond motifs is 1. The van der Waals surface area contributed by atoms with Crippen LogP contribution in [0.2, 0.25) is 0 Å². The fourth-order valence-corrected chi connectivity index (χ4v) is 3.54. The van der Waals surface area contributed by atoms with Crippen molar-refractivity contribution in [1.29, 1.82) is 0 Å². The fraction of sp³-hybridized carbons (Fsp3) is 0.143. The molecule has 0 bridgehead atoms. The lowest BCUT2D eigenvalue weighted by Gasteiger charge is -2.42. The van der Waals surface area contributed by atoms with Crippen molar-refractivity contribution in [3.05, 3.63) is 77.0 Å². The molecular formula is C21H16N2O4S. The van der Waals surface area contributed by atoms with E-state index in [2.05, 4.69) is 0 Å². The topological polar surface area (TPSA) is 66.9 Å². The Bertz CT molecular complexity index is 997. The van der Waals surface area contributed by atoms with Gasteiger partial charge >= 0.3 is 0 Å². The molecule has 7 heteroatoms. The Morgan fingerprint density at radius 3 is 2.11 bits per heavy atom. The first-order chi connectivity index (χ1) is 13.5. The summed E-state index contributed by atoms with van der Waals surface area (Å²) >= 11 is 5.25. The van der Waals surface area contributed by atoms with E-state index in [-0.39, 0.29) is 17.5 Å². The summed E-state index contributed by atoms with van der Waals surface area (Å²) in [5.74, 6) is -1.25. The molecule has 2 heterocycles. The van der Waals surface area contributed by atoms with Crippen molar-refractivity contribution in [3.63, 3.8) is 0 Å². The first-order valence-corrected chi connectivity index (χ1v) is 9.07. The number of methoxy groups -OCH3 is 1. The standard InChI is InChI=1S/C21H16N2O4S/c1-27-21(28)16(11-13-7-3-2-4-8-13)22-12-17(20(22)26)23-18(24)14-9-5-6-10-15(14)19(23)25/h2-11,17H,12H2,1H3. The molecule has 2 aliphatic heterocycles. The summed E-state index contributed by atoms with van der Waals surface area (Å²) in [7, 11) is 1.44. The van der Waals surface area contributed by atoms with Gasteiger partial charge in [0.1, 0.15) is 6.04 Å². The van der Waals surface area contributed by atoms with Gasteiger partial charge < -0.3 is 9.64 Å². The zero-order valence-electron chi connectivity index (χ0n) is 15.0. The number of benzene rings is 2. The summed E-state index contributed by atoms with van der Waals surface area (Å²) < 4.78 is 5.17. The molecule has 140 valence electrons. The van der Waals surface area contributed by atoms with Gasteiger partial charge in [-0.15, -0.1) is 0 Å². The molecule has 4 rings (SSSR count). The lowest BCUT2D eigenvalue weighted by molar-refractivity contribution is -0.143. The summed E-state index contributed by atoms with van der Waals surface area (Å²) in [6.45, 7) is 0.173. The van der Waals surface area contributed by atoms with E-state index in [1.165, 1.54) is 12.0 Å². The molecule has 3 amide bonds. The fourth-order valence-electron chi connectivity index (χ4n) is 3.37. The summed E-state index contributed by atoms with van der Waals surface area (Å²) in [4.78, 5) is 40.6. The first-order valence-electron chi connectivity index (χ1n) is 8.66. The Kier molecular flexibility index (Phi) is 4.52. The van der Waals surface area contributed by atoms with Crippen LogP contribution in [0.25, 0.3) is 6.08 Å². The van der Waals surface area contributed by atoms with Crippen LogP contribution in [-0.2, 0) is 9.53 Å². The molecule has 0 N–H and O–H groups in total. The molecule has 1 saturated heterocycles. The van der Waals surface area contributed by atoms with E-state index in [1.807, 2.05) is 30.3 Å².